The van der Waals surface area contributed by atoms with E-state index in [4.69, 9.17) is 0 Å². The summed E-state index contributed by atoms with van der Waals surface area (Å²) in [6, 6.07) is 1.44. The van der Waals surface area contributed by atoms with Crippen LogP contribution in [0.4, 0.5) is 0 Å². The average molecular weight is 285 g/mol. The molecule has 0 bridgehead atoms. The van der Waals surface area contributed by atoms with Gasteiger partial charge in [0, 0.05) is 37.6 Å². The minimum absolute atomic E-state index is 0.172. The second-order valence-electron chi connectivity index (χ2n) is 5.00. The number of rotatable bonds is 3. The standard InChI is InChI=1S/C12H19N3O3S/c1-14(2)10-4-3-7-15(9-10)19(17,18)12-8-13-6-5-11(12)16/h5-6,8,10H,3-4,7,9H2,1-2H3,(H,13,16). The predicted molar refractivity (Wildman–Crippen MR) is 72.5 cm³/mol. The SMILES string of the molecule is CN(C)C1CCCN(S(=O)(=O)c2c[nH]ccc2=O)C1. The zero-order chi connectivity index (χ0) is 14.0. The summed E-state index contributed by atoms with van der Waals surface area (Å²) in [7, 11) is 0.185. The van der Waals surface area contributed by atoms with Gasteiger partial charge in [-0.3, -0.25) is 4.79 Å². The first-order valence-electron chi connectivity index (χ1n) is 6.26. The lowest BCUT2D eigenvalue weighted by Gasteiger charge is -2.35. The fourth-order valence-electron chi connectivity index (χ4n) is 2.30. The summed E-state index contributed by atoms with van der Waals surface area (Å²) in [5.74, 6) is 0. The Kier molecular flexibility index (Phi) is 4.07. The Morgan fingerprint density at radius 2 is 2.16 bits per heavy atom. The van der Waals surface area contributed by atoms with E-state index in [1.165, 1.54) is 22.8 Å². The van der Waals surface area contributed by atoms with Gasteiger partial charge in [-0.1, -0.05) is 0 Å². The molecule has 2 heterocycles. The third kappa shape index (κ3) is 2.88. The van der Waals surface area contributed by atoms with Crippen LogP contribution in [0.1, 0.15) is 12.8 Å². The summed E-state index contributed by atoms with van der Waals surface area (Å²) in [5.41, 5.74) is -0.467. The molecule has 6 nitrogen and oxygen atoms in total. The van der Waals surface area contributed by atoms with E-state index in [2.05, 4.69) is 4.98 Å². The van der Waals surface area contributed by atoms with Crippen molar-refractivity contribution < 1.29 is 8.42 Å². The fraction of sp³-hybridized carbons (Fsp3) is 0.583. The van der Waals surface area contributed by atoms with Crippen molar-refractivity contribution in [2.24, 2.45) is 0 Å². The number of hydrogen-bond acceptors (Lipinski definition) is 4. The maximum atomic E-state index is 12.5. The molecule has 1 atom stereocenters. The molecule has 0 aliphatic carbocycles. The summed E-state index contributed by atoms with van der Waals surface area (Å²) in [6.07, 6.45) is 4.48. The number of nitrogens with zero attached hydrogens (tertiary/aromatic N) is 2. The Balaban J connectivity index is 2.30. The highest BCUT2D eigenvalue weighted by Gasteiger charge is 2.32. The van der Waals surface area contributed by atoms with Crippen LogP contribution in [0.3, 0.4) is 0 Å². The van der Waals surface area contributed by atoms with Gasteiger partial charge in [-0.2, -0.15) is 4.31 Å². The molecule has 1 aliphatic heterocycles. The van der Waals surface area contributed by atoms with Crippen LogP contribution in [0.5, 0.6) is 0 Å². The maximum Gasteiger partial charge on any atom is 0.248 e. The molecular weight excluding hydrogens is 266 g/mol. The molecule has 1 aromatic rings. The Bertz CT molecular complexity index is 594. The monoisotopic (exact) mass is 285 g/mol. The molecular formula is C12H19N3O3S. The van der Waals surface area contributed by atoms with Gasteiger partial charge in [0.2, 0.25) is 15.5 Å². The highest BCUT2D eigenvalue weighted by molar-refractivity contribution is 7.89. The van der Waals surface area contributed by atoms with Crippen LogP contribution in [-0.2, 0) is 10.0 Å². The van der Waals surface area contributed by atoms with Crippen molar-refractivity contribution in [3.63, 3.8) is 0 Å². The van der Waals surface area contributed by atoms with Gasteiger partial charge in [0.25, 0.3) is 0 Å². The molecule has 19 heavy (non-hydrogen) atoms. The molecule has 1 fully saturated rings. The number of pyridine rings is 1. The minimum atomic E-state index is -3.70. The Labute approximate surface area is 113 Å². The van der Waals surface area contributed by atoms with E-state index in [1.807, 2.05) is 19.0 Å². The number of likely N-dealkylation sites (N-methyl/N-ethyl adjacent to an activating group) is 1. The van der Waals surface area contributed by atoms with Crippen LogP contribution in [0.25, 0.3) is 0 Å². The first-order valence-corrected chi connectivity index (χ1v) is 7.70. The first kappa shape index (κ1) is 14.2. The normalized spacial score (nSPS) is 21.7. The molecule has 7 heteroatoms. The molecule has 1 N–H and O–H groups in total. The van der Waals surface area contributed by atoms with Crippen LogP contribution in [0.2, 0.25) is 0 Å². The molecule has 0 saturated carbocycles. The number of piperidine rings is 1. The van der Waals surface area contributed by atoms with E-state index in [0.29, 0.717) is 13.1 Å². The Morgan fingerprint density at radius 3 is 2.79 bits per heavy atom. The highest BCUT2D eigenvalue weighted by atomic mass is 32.2. The number of aromatic amines is 1. The quantitative estimate of drug-likeness (QED) is 0.854. The third-order valence-electron chi connectivity index (χ3n) is 3.50. The summed E-state index contributed by atoms with van der Waals surface area (Å²) >= 11 is 0. The molecule has 0 aromatic carbocycles. The van der Waals surface area contributed by atoms with Gasteiger partial charge in [0.1, 0.15) is 4.90 Å². The van der Waals surface area contributed by atoms with Crippen LogP contribution < -0.4 is 5.43 Å². The van der Waals surface area contributed by atoms with Crippen molar-refractivity contribution >= 4 is 10.0 Å². The smallest absolute Gasteiger partial charge is 0.248 e. The Morgan fingerprint density at radius 1 is 1.42 bits per heavy atom. The van der Waals surface area contributed by atoms with E-state index in [1.54, 1.807) is 0 Å². The van der Waals surface area contributed by atoms with Crippen molar-refractivity contribution in [2.45, 2.75) is 23.8 Å². The second-order valence-corrected chi connectivity index (χ2v) is 6.90. The lowest BCUT2D eigenvalue weighted by atomic mass is 10.1. The van der Waals surface area contributed by atoms with Crippen molar-refractivity contribution in [3.8, 4) is 0 Å². The van der Waals surface area contributed by atoms with Gasteiger partial charge in [0.15, 0.2) is 0 Å². The molecule has 0 radical (unpaired) electrons. The van der Waals surface area contributed by atoms with Crippen molar-refractivity contribution in [3.05, 3.63) is 28.7 Å². The summed E-state index contributed by atoms with van der Waals surface area (Å²) in [4.78, 5) is 16.2. The average Bonchev–Trinajstić information content (AvgIpc) is 2.39. The van der Waals surface area contributed by atoms with Gasteiger partial charge < -0.3 is 9.88 Å². The lowest BCUT2D eigenvalue weighted by molar-refractivity contribution is 0.190. The molecule has 0 spiro atoms. The van der Waals surface area contributed by atoms with Crippen molar-refractivity contribution in [1.82, 2.24) is 14.2 Å². The lowest BCUT2D eigenvalue weighted by Crippen LogP contribution is -2.48. The van der Waals surface area contributed by atoms with E-state index >= 15 is 0 Å². The van der Waals surface area contributed by atoms with Crippen molar-refractivity contribution in [1.29, 1.82) is 0 Å². The van der Waals surface area contributed by atoms with Crippen LogP contribution in [0.15, 0.2) is 28.2 Å². The number of nitrogens with one attached hydrogen (secondary N) is 1. The molecule has 2 rings (SSSR count). The second kappa shape index (κ2) is 5.44. The van der Waals surface area contributed by atoms with E-state index in [-0.39, 0.29) is 10.9 Å². The summed E-state index contributed by atoms with van der Waals surface area (Å²) in [5, 5.41) is 0. The van der Waals surface area contributed by atoms with Crippen LogP contribution in [-0.4, -0.2) is 55.8 Å². The number of sulfonamides is 1. The van der Waals surface area contributed by atoms with E-state index in [0.717, 1.165) is 12.8 Å². The number of hydrogen-bond donors (Lipinski definition) is 1. The number of H-pyrrole nitrogens is 1. The van der Waals surface area contributed by atoms with Gasteiger partial charge in [-0.15, -0.1) is 0 Å². The van der Waals surface area contributed by atoms with Crippen molar-refractivity contribution in [2.75, 3.05) is 27.2 Å². The minimum Gasteiger partial charge on any atom is -0.366 e. The van der Waals surface area contributed by atoms with Gasteiger partial charge in [0.05, 0.1) is 0 Å². The van der Waals surface area contributed by atoms with Crippen LogP contribution >= 0.6 is 0 Å². The molecule has 1 aromatic heterocycles. The van der Waals surface area contributed by atoms with Gasteiger partial charge >= 0.3 is 0 Å². The van der Waals surface area contributed by atoms with E-state index < -0.39 is 15.5 Å². The number of aromatic nitrogens is 1. The first-order chi connectivity index (χ1) is 8.93. The molecule has 1 aliphatic rings. The van der Waals surface area contributed by atoms with E-state index in [9.17, 15) is 13.2 Å². The molecule has 0 amide bonds. The molecule has 1 unspecified atom stereocenters. The highest BCUT2D eigenvalue weighted by Crippen LogP contribution is 2.20. The zero-order valence-electron chi connectivity index (χ0n) is 11.2. The van der Waals surface area contributed by atoms with Gasteiger partial charge in [-0.05, 0) is 26.9 Å². The molecule has 106 valence electrons. The summed E-state index contributed by atoms with van der Waals surface area (Å²) < 4.78 is 26.3. The van der Waals surface area contributed by atoms with Gasteiger partial charge in [-0.25, -0.2) is 8.42 Å². The predicted octanol–water partition coefficient (Wildman–Crippen LogP) is 0.0896. The third-order valence-corrected chi connectivity index (χ3v) is 5.38. The van der Waals surface area contributed by atoms with Crippen LogP contribution in [0, 0.1) is 0 Å². The largest absolute Gasteiger partial charge is 0.366 e. The maximum absolute atomic E-state index is 12.5. The fourth-order valence-corrected chi connectivity index (χ4v) is 3.86. The molecule has 1 saturated heterocycles. The Hall–Kier alpha value is -1.18. The zero-order valence-corrected chi connectivity index (χ0v) is 12.0. The summed E-state index contributed by atoms with van der Waals surface area (Å²) in [6.45, 7) is 0.907. The topological polar surface area (TPSA) is 73.5 Å².